The van der Waals surface area contributed by atoms with Crippen LogP contribution in [0.3, 0.4) is 0 Å². The van der Waals surface area contributed by atoms with Crippen LogP contribution in [0.25, 0.3) is 0 Å². The summed E-state index contributed by atoms with van der Waals surface area (Å²) in [5, 5.41) is 58.6. The van der Waals surface area contributed by atoms with E-state index in [4.69, 9.17) is 38.9 Å². The molecule has 518 valence electrons. The summed E-state index contributed by atoms with van der Waals surface area (Å²) in [6.07, 6.45) is -4.54. The molecule has 0 bridgehead atoms. The number of ketones is 3. The average molecular weight is 1330 g/mol. The molecule has 0 spiro atoms. The fourth-order valence-corrected chi connectivity index (χ4v) is 10.4. The summed E-state index contributed by atoms with van der Waals surface area (Å²) in [6, 6.07) is 7.47. The number of amides is 10. The van der Waals surface area contributed by atoms with Crippen molar-refractivity contribution in [1.29, 1.82) is 0 Å². The molecule has 1 fully saturated rings. The quantitative estimate of drug-likeness (QED) is 0.0168. The number of imide groups is 1. The van der Waals surface area contributed by atoms with Crippen LogP contribution < -0.4 is 37.1 Å². The lowest BCUT2D eigenvalue weighted by molar-refractivity contribution is -0.145. The van der Waals surface area contributed by atoms with Crippen LogP contribution >= 0.6 is 0 Å². The lowest BCUT2D eigenvalue weighted by atomic mass is 9.72. The number of phenols is 2. The number of urea groups is 1. The third-order valence-corrected chi connectivity index (χ3v) is 15.7. The number of anilines is 1. The van der Waals surface area contributed by atoms with Crippen LogP contribution in [0.5, 0.6) is 17.2 Å². The van der Waals surface area contributed by atoms with Crippen LogP contribution in [0.4, 0.5) is 20.1 Å². The molecular weight excluding hydrogens is 1250 g/mol. The van der Waals surface area contributed by atoms with Gasteiger partial charge in [0.1, 0.15) is 41.5 Å². The van der Waals surface area contributed by atoms with Crippen molar-refractivity contribution in [2.24, 2.45) is 11.7 Å². The summed E-state index contributed by atoms with van der Waals surface area (Å²) in [7, 11) is 3.99. The van der Waals surface area contributed by atoms with E-state index in [0.717, 1.165) is 14.7 Å². The van der Waals surface area contributed by atoms with Crippen molar-refractivity contribution in [3.05, 3.63) is 81.4 Å². The van der Waals surface area contributed by atoms with Gasteiger partial charge in [0.15, 0.2) is 12.4 Å². The fourth-order valence-electron chi connectivity index (χ4n) is 10.4. The van der Waals surface area contributed by atoms with Crippen molar-refractivity contribution >= 4 is 76.7 Å². The maximum absolute atomic E-state index is 13.7. The number of methoxy groups -OCH3 is 1. The number of carbonyl (C=O) groups is 12. The largest absolute Gasteiger partial charge is 0.507 e. The number of aliphatic hydroxyl groups is 2. The Kier molecular flexibility index (Phi) is 28.1. The number of nitrogens with zero attached hydrogens (tertiary/aromatic N) is 3. The minimum Gasteiger partial charge on any atom is -0.507 e. The molecule has 2 aliphatic carbocycles. The Morgan fingerprint density at radius 2 is 1.31 bits per heavy atom. The SMILES string of the molecule is COc1cccc2c1C(=O)c1c(O)c3c(c(O)c1C2=O)C[C@@](O)(C(=O)COC(=O)N(C)CCN(C)C(=O)OCc1ccc(NC(=O)C(CCCNC(N)=O)NC(=O)C(NC(=O)CCOCCOCCOCCOCCNC(=O)CCN2C(=O)CCC2=O)C(C)C)cc1)C[C@@H]3O. The first kappa shape index (κ1) is 74.7. The van der Waals surface area contributed by atoms with Crippen molar-refractivity contribution in [3.63, 3.8) is 0 Å². The number of nitrogens with two attached hydrogens (primary N) is 1. The van der Waals surface area contributed by atoms with Crippen LogP contribution in [-0.2, 0) is 75.0 Å². The standard InChI is InChI=1S/C63H83N9O23/c1-36(2)53(69-46(76)18-24-90-26-28-92-30-31-93-29-27-91-25-20-65-45(75)17-21-72-47(77)15-16-48(72)78)59(84)68-41(9-7-19-66-60(64)85)58(83)67-38-13-11-37(12-14-38)34-94-61(86)70(3)22-23-71(4)62(87)95-35-44(74)63(88)32-40-49(42(73)33-63)56(81)52-51(55(40)80)54(79)39-8-6-10-43(89-5)50(39)57(52)82/h6,8,10-14,36,41-42,53,73,80-81,88H,7,9,15-35H2,1-5H3,(H,65,75)(H,67,83)(H,68,84)(H,69,76)(H3,64,66,85)/t41?,42-,53?,63-/m0/s1. The van der Waals surface area contributed by atoms with Gasteiger partial charge in [0.25, 0.3) is 0 Å². The number of hydrogen-bond acceptors (Lipinski definition) is 23. The Morgan fingerprint density at radius 3 is 1.92 bits per heavy atom. The first-order chi connectivity index (χ1) is 45.3. The average Bonchev–Trinajstić information content (AvgIpc) is 1.08. The van der Waals surface area contributed by atoms with Crippen molar-refractivity contribution in [1.82, 2.24) is 36.0 Å². The van der Waals surface area contributed by atoms with Crippen LogP contribution in [0.2, 0.25) is 0 Å². The summed E-state index contributed by atoms with van der Waals surface area (Å²) in [6.45, 7) is 4.23. The fraction of sp³-hybridized carbons (Fsp3) is 0.524. The summed E-state index contributed by atoms with van der Waals surface area (Å²) in [4.78, 5) is 157. The molecule has 1 saturated heterocycles. The van der Waals surface area contributed by atoms with Gasteiger partial charge in [-0.2, -0.15) is 0 Å². The third kappa shape index (κ3) is 20.8. The van der Waals surface area contributed by atoms with Gasteiger partial charge in [-0.3, -0.25) is 48.1 Å². The molecular formula is C63H83N9O23. The number of hydrogen-bond donors (Lipinski definition) is 10. The molecule has 11 N–H and O–H groups in total. The zero-order valence-corrected chi connectivity index (χ0v) is 53.6. The Bertz CT molecular complexity index is 3290. The number of ether oxygens (including phenoxy) is 7. The van der Waals surface area contributed by atoms with Crippen LogP contribution in [0.1, 0.15) is 113 Å². The Labute approximate surface area is 546 Å². The van der Waals surface area contributed by atoms with Gasteiger partial charge in [0.05, 0.1) is 82.8 Å². The second kappa shape index (κ2) is 35.8. The highest BCUT2D eigenvalue weighted by atomic mass is 16.6. The lowest BCUT2D eigenvalue weighted by Crippen LogP contribution is -2.54. The lowest BCUT2D eigenvalue weighted by Gasteiger charge is -2.37. The third-order valence-electron chi connectivity index (χ3n) is 15.7. The molecule has 0 radical (unpaired) electrons. The van der Waals surface area contributed by atoms with Gasteiger partial charge in [-0.05, 0) is 42.5 Å². The van der Waals surface area contributed by atoms with E-state index in [2.05, 4.69) is 26.6 Å². The zero-order valence-electron chi connectivity index (χ0n) is 53.6. The van der Waals surface area contributed by atoms with E-state index in [-0.39, 0.29) is 170 Å². The first-order valence-corrected chi connectivity index (χ1v) is 30.8. The minimum atomic E-state index is -2.47. The number of aliphatic hydroxyl groups excluding tert-OH is 1. The molecule has 95 heavy (non-hydrogen) atoms. The number of rotatable bonds is 37. The predicted molar refractivity (Wildman–Crippen MR) is 332 cm³/mol. The highest BCUT2D eigenvalue weighted by Crippen LogP contribution is 2.51. The minimum absolute atomic E-state index is 0.0245. The molecule has 4 atom stereocenters. The number of likely N-dealkylation sites (tertiary alicyclic amines) is 1. The zero-order chi connectivity index (χ0) is 69.5. The van der Waals surface area contributed by atoms with Crippen molar-refractivity contribution in [2.75, 3.05) is 119 Å². The molecule has 3 aromatic carbocycles. The number of aromatic hydroxyl groups is 2. The number of Topliss-reactive ketones (excluding diaryl/α,β-unsaturated/α-hetero) is 1. The van der Waals surface area contributed by atoms with Gasteiger partial charge < -0.3 is 95.7 Å². The smallest absolute Gasteiger partial charge is 0.409 e. The summed E-state index contributed by atoms with van der Waals surface area (Å²) in [5.41, 5.74) is 1.37. The number of phenolic OH excluding ortho intramolecular Hbond substituents is 2. The van der Waals surface area contributed by atoms with Crippen LogP contribution in [0, 0.1) is 5.92 Å². The maximum atomic E-state index is 13.7. The molecule has 2 unspecified atom stereocenters. The molecule has 0 saturated carbocycles. The van der Waals surface area contributed by atoms with Gasteiger partial charge in [-0.1, -0.05) is 38.1 Å². The normalized spacial score (nSPS) is 16.2. The van der Waals surface area contributed by atoms with E-state index in [1.807, 2.05) is 0 Å². The van der Waals surface area contributed by atoms with Crippen LogP contribution in [0.15, 0.2) is 42.5 Å². The molecule has 1 heterocycles. The van der Waals surface area contributed by atoms with Crippen LogP contribution in [-0.4, -0.2) is 237 Å². The van der Waals surface area contributed by atoms with Gasteiger partial charge in [-0.15, -0.1) is 0 Å². The molecule has 32 heteroatoms. The topological polar surface area (TPSA) is 446 Å². The van der Waals surface area contributed by atoms with Crippen molar-refractivity contribution < 1.29 is 111 Å². The first-order valence-electron chi connectivity index (χ1n) is 30.8. The number of benzene rings is 3. The highest BCUT2D eigenvalue weighted by Gasteiger charge is 2.49. The van der Waals surface area contributed by atoms with Gasteiger partial charge in [0.2, 0.25) is 47.0 Å². The number of fused-ring (bicyclic) bond motifs is 3. The molecule has 0 aromatic heterocycles. The summed E-state index contributed by atoms with van der Waals surface area (Å²) in [5.74, 6) is -7.39. The number of carbonyl (C=O) groups excluding carboxylic acids is 12. The van der Waals surface area contributed by atoms with Gasteiger partial charge >= 0.3 is 18.2 Å². The maximum Gasteiger partial charge on any atom is 0.409 e. The predicted octanol–water partition coefficient (Wildman–Crippen LogP) is 0.623. The van der Waals surface area contributed by atoms with Crippen molar-refractivity contribution in [3.8, 4) is 17.2 Å². The summed E-state index contributed by atoms with van der Waals surface area (Å²) >= 11 is 0. The molecule has 3 aliphatic rings. The van der Waals surface area contributed by atoms with E-state index in [1.165, 1.54) is 51.5 Å². The van der Waals surface area contributed by atoms with E-state index >= 15 is 0 Å². The van der Waals surface area contributed by atoms with E-state index in [1.54, 1.807) is 26.0 Å². The Balaban J connectivity index is 0.861. The Morgan fingerprint density at radius 1 is 0.705 bits per heavy atom. The van der Waals surface area contributed by atoms with E-state index in [9.17, 15) is 78.0 Å². The second-order valence-electron chi connectivity index (χ2n) is 22.9. The number of nitrogens with one attached hydrogen (secondary N) is 5. The van der Waals surface area contributed by atoms with Gasteiger partial charge in [-0.25, -0.2) is 14.4 Å². The van der Waals surface area contributed by atoms with E-state index < -0.39 is 125 Å². The molecule has 32 nitrogen and oxygen atoms in total. The summed E-state index contributed by atoms with van der Waals surface area (Å²) < 4.78 is 37.7. The monoisotopic (exact) mass is 1330 g/mol. The van der Waals surface area contributed by atoms with E-state index in [0.29, 0.717) is 17.9 Å². The molecule has 1 aliphatic heterocycles. The molecule has 10 amide bonds. The van der Waals surface area contributed by atoms with Crippen molar-refractivity contribution in [2.45, 2.75) is 95.6 Å². The van der Waals surface area contributed by atoms with Gasteiger partial charge in [0, 0.05) is 108 Å². The Hall–Kier alpha value is -9.34. The second-order valence-corrected chi connectivity index (χ2v) is 22.9. The number of likely N-dealkylation sites (N-methyl/N-ethyl adjacent to an activating group) is 2. The molecule has 3 aromatic rings. The highest BCUT2D eigenvalue weighted by molar-refractivity contribution is 6.31. The number of primary amides is 1. The molecule has 6 rings (SSSR count).